The van der Waals surface area contributed by atoms with Gasteiger partial charge >= 0.3 is 0 Å². The lowest BCUT2D eigenvalue weighted by atomic mass is 10.2. The Hall–Kier alpha value is -0.440. The van der Waals surface area contributed by atoms with Gasteiger partial charge in [0.2, 0.25) is 10.8 Å². The van der Waals surface area contributed by atoms with E-state index in [9.17, 15) is 13.2 Å². The molecule has 2 rings (SSSR count). The maximum Gasteiger partial charge on any atom is 0.246 e. The lowest BCUT2D eigenvalue weighted by Gasteiger charge is -2.14. The smallest absolute Gasteiger partial charge is 0.225 e. The molecule has 54 valence electrons. The molecule has 2 atom stereocenters. The molecule has 0 nitrogen and oxygen atoms in total. The molecular formula is C6H2ClF3. The third-order valence-corrected chi connectivity index (χ3v) is 2.15. The monoisotopic (exact) mass is 166 g/mol. The second-order valence-corrected chi connectivity index (χ2v) is 2.89. The van der Waals surface area contributed by atoms with Crippen molar-refractivity contribution in [2.75, 3.05) is 0 Å². The van der Waals surface area contributed by atoms with Gasteiger partial charge in [-0.05, 0) is 6.08 Å². The highest BCUT2D eigenvalue weighted by Crippen LogP contribution is 2.63. The van der Waals surface area contributed by atoms with Gasteiger partial charge in [0.25, 0.3) is 0 Å². The van der Waals surface area contributed by atoms with E-state index in [1.807, 2.05) is 0 Å². The molecule has 0 amide bonds. The van der Waals surface area contributed by atoms with Crippen molar-refractivity contribution in [2.45, 2.75) is 10.8 Å². The van der Waals surface area contributed by atoms with Crippen molar-refractivity contribution in [2.24, 2.45) is 0 Å². The normalized spacial score (nSPS) is 50.0. The van der Waals surface area contributed by atoms with Crippen LogP contribution in [-0.4, -0.2) is 10.8 Å². The van der Waals surface area contributed by atoms with E-state index in [1.165, 1.54) is 0 Å². The Morgan fingerprint density at radius 1 is 1.40 bits per heavy atom. The highest BCUT2D eigenvalue weighted by Gasteiger charge is 2.71. The molecule has 0 aliphatic heterocycles. The zero-order valence-electron chi connectivity index (χ0n) is 4.67. The van der Waals surface area contributed by atoms with Crippen molar-refractivity contribution in [3.63, 3.8) is 0 Å². The van der Waals surface area contributed by atoms with E-state index in [-0.39, 0.29) is 5.57 Å². The minimum atomic E-state index is -2.69. The van der Waals surface area contributed by atoms with Gasteiger partial charge in [-0.15, -0.1) is 0 Å². The maximum atomic E-state index is 12.8. The Kier molecular flexibility index (Phi) is 0.803. The first-order valence-electron chi connectivity index (χ1n) is 2.67. The molecule has 2 aliphatic rings. The summed E-state index contributed by atoms with van der Waals surface area (Å²) in [7, 11) is 0. The predicted octanol–water partition coefficient (Wildman–Crippen LogP) is 2.41. The molecule has 0 radical (unpaired) electrons. The van der Waals surface area contributed by atoms with Crippen LogP contribution in [0.1, 0.15) is 0 Å². The lowest BCUT2D eigenvalue weighted by Crippen LogP contribution is -2.29. The summed E-state index contributed by atoms with van der Waals surface area (Å²) >= 11 is 4.99. The summed E-state index contributed by atoms with van der Waals surface area (Å²) in [5, 5.41) is -2.69. The number of hydrogen-bond acceptors (Lipinski definition) is 0. The SMILES string of the molecule is FC1=C2C=CC(F)(Cl)C12F. The van der Waals surface area contributed by atoms with Gasteiger partial charge in [-0.3, -0.25) is 0 Å². The van der Waals surface area contributed by atoms with Crippen LogP contribution in [0.5, 0.6) is 0 Å². The van der Waals surface area contributed by atoms with Gasteiger partial charge in [0.05, 0.1) is 0 Å². The molecule has 0 spiro atoms. The first kappa shape index (κ1) is 6.28. The van der Waals surface area contributed by atoms with E-state index < -0.39 is 16.6 Å². The zero-order valence-corrected chi connectivity index (χ0v) is 5.42. The molecule has 0 saturated carbocycles. The summed E-state index contributed by atoms with van der Waals surface area (Å²) < 4.78 is 37.8. The van der Waals surface area contributed by atoms with Crippen molar-refractivity contribution in [1.29, 1.82) is 0 Å². The molecule has 0 N–H and O–H groups in total. The third kappa shape index (κ3) is 0.399. The standard InChI is InChI=1S/C6H2ClF3/c7-5(9)2-1-3-4(8)6(3,5)10/h1-2H. The fourth-order valence-electron chi connectivity index (χ4n) is 1.06. The van der Waals surface area contributed by atoms with Crippen LogP contribution in [0.3, 0.4) is 0 Å². The summed E-state index contributed by atoms with van der Waals surface area (Å²) in [6.07, 6.45) is 1.84. The summed E-state index contributed by atoms with van der Waals surface area (Å²) in [5.74, 6) is -1.08. The average molecular weight is 167 g/mol. The number of allylic oxidation sites excluding steroid dienone is 4. The van der Waals surface area contributed by atoms with E-state index in [2.05, 4.69) is 0 Å². The molecule has 0 saturated heterocycles. The molecule has 0 bridgehead atoms. The van der Waals surface area contributed by atoms with E-state index in [0.717, 1.165) is 12.2 Å². The second kappa shape index (κ2) is 1.28. The molecule has 0 aromatic carbocycles. The van der Waals surface area contributed by atoms with Crippen LogP contribution in [0.15, 0.2) is 23.6 Å². The molecule has 10 heavy (non-hydrogen) atoms. The Bertz CT molecular complexity index is 266. The van der Waals surface area contributed by atoms with Crippen molar-refractivity contribution in [3.8, 4) is 0 Å². The molecule has 2 aliphatic carbocycles. The van der Waals surface area contributed by atoms with Gasteiger partial charge in [0.15, 0.2) is 5.83 Å². The van der Waals surface area contributed by atoms with Crippen molar-refractivity contribution < 1.29 is 13.2 Å². The first-order chi connectivity index (χ1) is 4.50. The largest absolute Gasteiger partial charge is 0.246 e. The van der Waals surface area contributed by atoms with Crippen molar-refractivity contribution in [3.05, 3.63) is 23.6 Å². The zero-order chi connectivity index (χ0) is 7.57. The van der Waals surface area contributed by atoms with E-state index >= 15 is 0 Å². The fourth-order valence-corrected chi connectivity index (χ4v) is 1.31. The van der Waals surface area contributed by atoms with Gasteiger partial charge < -0.3 is 0 Å². The fraction of sp³-hybridized carbons (Fsp3) is 0.333. The Morgan fingerprint density at radius 3 is 2.20 bits per heavy atom. The molecule has 0 aromatic rings. The van der Waals surface area contributed by atoms with Crippen LogP contribution in [0.4, 0.5) is 13.2 Å². The van der Waals surface area contributed by atoms with Gasteiger partial charge in [-0.1, -0.05) is 17.7 Å². The van der Waals surface area contributed by atoms with E-state index in [4.69, 9.17) is 11.6 Å². The summed E-state index contributed by atoms with van der Waals surface area (Å²) in [6, 6.07) is 0. The van der Waals surface area contributed by atoms with Crippen LogP contribution in [-0.2, 0) is 0 Å². The van der Waals surface area contributed by atoms with Crippen LogP contribution in [0.2, 0.25) is 0 Å². The summed E-state index contributed by atoms with van der Waals surface area (Å²) in [6.45, 7) is 0. The Morgan fingerprint density at radius 2 is 2.00 bits per heavy atom. The van der Waals surface area contributed by atoms with E-state index in [1.54, 1.807) is 0 Å². The highest BCUT2D eigenvalue weighted by atomic mass is 35.5. The average Bonchev–Trinajstić information content (AvgIpc) is 2.24. The molecular weight excluding hydrogens is 165 g/mol. The summed E-state index contributed by atoms with van der Waals surface area (Å²) in [4.78, 5) is 0. The number of hydrogen-bond donors (Lipinski definition) is 0. The number of alkyl halides is 3. The van der Waals surface area contributed by atoms with Gasteiger partial charge in [0.1, 0.15) is 0 Å². The van der Waals surface area contributed by atoms with E-state index in [0.29, 0.717) is 0 Å². The molecule has 2 unspecified atom stereocenters. The quantitative estimate of drug-likeness (QED) is 0.485. The molecule has 0 heterocycles. The number of rotatable bonds is 0. The van der Waals surface area contributed by atoms with Crippen molar-refractivity contribution >= 4 is 11.6 Å². The van der Waals surface area contributed by atoms with Gasteiger partial charge in [0, 0.05) is 5.57 Å². The minimum absolute atomic E-state index is 0.259. The van der Waals surface area contributed by atoms with Crippen molar-refractivity contribution in [1.82, 2.24) is 0 Å². The van der Waals surface area contributed by atoms with Gasteiger partial charge in [-0.25, -0.2) is 13.2 Å². The molecule has 0 fully saturated rings. The maximum absolute atomic E-state index is 12.8. The molecule has 4 heteroatoms. The predicted molar refractivity (Wildman–Crippen MR) is 30.8 cm³/mol. The van der Waals surface area contributed by atoms with Crippen LogP contribution >= 0.6 is 11.6 Å². The Labute approximate surface area is 60.0 Å². The Balaban J connectivity index is 2.46. The highest BCUT2D eigenvalue weighted by molar-refractivity contribution is 6.27. The minimum Gasteiger partial charge on any atom is -0.225 e. The summed E-state index contributed by atoms with van der Waals surface area (Å²) in [5.41, 5.74) is -2.89. The third-order valence-electron chi connectivity index (χ3n) is 1.77. The number of halogens is 4. The molecule has 0 aromatic heterocycles. The van der Waals surface area contributed by atoms with Gasteiger partial charge in [-0.2, -0.15) is 0 Å². The van der Waals surface area contributed by atoms with Crippen LogP contribution in [0.25, 0.3) is 0 Å². The second-order valence-electron chi connectivity index (χ2n) is 2.34. The van der Waals surface area contributed by atoms with Crippen LogP contribution < -0.4 is 0 Å². The first-order valence-corrected chi connectivity index (χ1v) is 3.04. The number of fused-ring (bicyclic) bond motifs is 1. The topological polar surface area (TPSA) is 0 Å². The lowest BCUT2D eigenvalue weighted by molar-refractivity contribution is 0.154. The van der Waals surface area contributed by atoms with Crippen LogP contribution in [0, 0.1) is 0 Å².